The van der Waals surface area contributed by atoms with Crippen LogP contribution in [0.5, 0.6) is 0 Å². The molecule has 0 unspecified atom stereocenters. The molecule has 0 radical (unpaired) electrons. The summed E-state index contributed by atoms with van der Waals surface area (Å²) >= 11 is 8.08. The number of hydrogen-bond acceptors (Lipinski definition) is 2. The Bertz CT molecular complexity index is 778. The number of allylic oxidation sites excluding steroid dienone is 2. The Morgan fingerprint density at radius 1 is 0.946 bits per heavy atom. The van der Waals surface area contributed by atoms with Crippen LogP contribution < -0.4 is 0 Å². The second-order valence-electron chi connectivity index (χ2n) is 13.9. The lowest BCUT2D eigenvalue weighted by Crippen LogP contribution is -2.50. The molecule has 0 aromatic carbocycles. The van der Waals surface area contributed by atoms with Gasteiger partial charge in [0, 0.05) is 5.25 Å². The van der Waals surface area contributed by atoms with Crippen molar-refractivity contribution in [3.05, 3.63) is 11.6 Å². The quantitative estimate of drug-likeness (QED) is 0.129. The lowest BCUT2D eigenvalue weighted by Gasteiger charge is -2.58. The Kier molecular flexibility index (Phi) is 11.0. The molecule has 4 rings (SSSR count). The first-order valence-corrected chi connectivity index (χ1v) is 17.7. The van der Waals surface area contributed by atoms with Gasteiger partial charge in [-0.05, 0) is 98.7 Å². The Labute approximate surface area is 239 Å². The van der Waals surface area contributed by atoms with Gasteiger partial charge in [0.05, 0.1) is 0 Å². The second kappa shape index (κ2) is 13.6. The second-order valence-corrected chi connectivity index (χ2v) is 15.7. The van der Waals surface area contributed by atoms with Gasteiger partial charge in [0.2, 0.25) is 5.12 Å². The van der Waals surface area contributed by atoms with Gasteiger partial charge in [0.15, 0.2) is 0 Å². The summed E-state index contributed by atoms with van der Waals surface area (Å²) in [7, 11) is 0. The zero-order chi connectivity index (χ0) is 26.5. The van der Waals surface area contributed by atoms with E-state index in [0.717, 1.165) is 42.9 Å². The van der Waals surface area contributed by atoms with Crippen molar-refractivity contribution < 1.29 is 4.79 Å². The Hall–Kier alpha value is 0.0500. The molecule has 37 heavy (non-hydrogen) atoms. The molecule has 0 aromatic heterocycles. The minimum atomic E-state index is -0.294. The number of alkyl halides is 1. The minimum absolute atomic E-state index is 0.233. The van der Waals surface area contributed by atoms with Crippen molar-refractivity contribution in [3.63, 3.8) is 0 Å². The van der Waals surface area contributed by atoms with E-state index in [4.69, 9.17) is 11.6 Å². The first kappa shape index (κ1) is 30.0. The number of carbonyl (C=O) groups is 1. The van der Waals surface area contributed by atoms with Gasteiger partial charge in [-0.3, -0.25) is 4.79 Å². The summed E-state index contributed by atoms with van der Waals surface area (Å²) in [4.78, 5) is 12.8. The van der Waals surface area contributed by atoms with Crippen LogP contribution in [0.2, 0.25) is 0 Å². The van der Waals surface area contributed by atoms with E-state index in [2.05, 4.69) is 33.8 Å². The Balaban J connectivity index is 1.32. The van der Waals surface area contributed by atoms with Crippen molar-refractivity contribution in [1.82, 2.24) is 0 Å². The van der Waals surface area contributed by atoms with Crippen molar-refractivity contribution in [3.8, 4) is 0 Å². The molecule has 0 saturated heterocycles. The summed E-state index contributed by atoms with van der Waals surface area (Å²) in [6.45, 7) is 9.83. The van der Waals surface area contributed by atoms with E-state index < -0.39 is 0 Å². The largest absolute Gasteiger partial charge is 0.286 e. The summed E-state index contributed by atoms with van der Waals surface area (Å²) in [6, 6.07) is 0. The van der Waals surface area contributed by atoms with E-state index in [0.29, 0.717) is 16.1 Å². The zero-order valence-electron chi connectivity index (χ0n) is 24.7. The summed E-state index contributed by atoms with van der Waals surface area (Å²) < 4.78 is 0. The topological polar surface area (TPSA) is 17.1 Å². The van der Waals surface area contributed by atoms with Gasteiger partial charge in [-0.2, -0.15) is 0 Å². The first-order valence-electron chi connectivity index (χ1n) is 16.4. The van der Waals surface area contributed by atoms with E-state index in [-0.39, 0.29) is 10.5 Å². The fraction of sp³-hybridized carbons (Fsp3) is 0.912. The maximum absolute atomic E-state index is 12.8. The van der Waals surface area contributed by atoms with Gasteiger partial charge >= 0.3 is 0 Å². The van der Waals surface area contributed by atoms with E-state index in [1.165, 1.54) is 103 Å². The van der Waals surface area contributed by atoms with Crippen LogP contribution in [-0.4, -0.2) is 15.7 Å². The molecule has 0 amide bonds. The molecule has 8 atom stereocenters. The minimum Gasteiger partial charge on any atom is -0.286 e. The maximum atomic E-state index is 12.8. The van der Waals surface area contributed by atoms with E-state index >= 15 is 0 Å². The fourth-order valence-corrected chi connectivity index (χ4v) is 10.8. The number of fused-ring (bicyclic) bond motifs is 5. The van der Waals surface area contributed by atoms with E-state index in [1.54, 1.807) is 17.3 Å². The highest BCUT2D eigenvalue weighted by Gasteiger charge is 2.58. The third kappa shape index (κ3) is 6.69. The number of hydrogen-bond donors (Lipinski definition) is 0. The van der Waals surface area contributed by atoms with Gasteiger partial charge in [-0.25, -0.2) is 0 Å². The molecule has 0 bridgehead atoms. The smallest absolute Gasteiger partial charge is 0.207 e. The molecule has 3 saturated carbocycles. The molecule has 4 aliphatic carbocycles. The number of thioether (sulfide) groups is 1. The third-order valence-electron chi connectivity index (χ3n) is 11.8. The first-order chi connectivity index (χ1) is 17.8. The molecular formula is C34H57ClOS. The van der Waals surface area contributed by atoms with Gasteiger partial charge in [0.1, 0.15) is 5.38 Å². The standard InChI is InChI=1S/C34H57ClOS/c1-5-7-9-10-11-13-14-25-17-19-29-28-18-16-26-24-27(37-32(36)31(35)15-12-8-6-2)20-22-34(26,4)30(28)21-23-33(25,29)3/h16,25,27-31H,5-15,17-24H2,1-4H3/t25-,27-,28+,29+,30+,31+,33+,34-/m0/s1. The highest BCUT2D eigenvalue weighted by Crippen LogP contribution is 2.67. The van der Waals surface area contributed by atoms with Crippen molar-refractivity contribution in [2.24, 2.45) is 34.5 Å². The SMILES string of the molecule is CCCCCCCC[C@H]1CC[C@@H]2[C@H]3CC=C4C[C@@H](SC(=O)[C@H](Cl)CCCCC)CC[C@]4(C)[C@@H]3CC[C@]12C. The Morgan fingerprint density at radius 3 is 2.46 bits per heavy atom. The molecule has 0 N–H and O–H groups in total. The lowest BCUT2D eigenvalue weighted by atomic mass is 9.47. The normalized spacial score (nSPS) is 37.9. The summed E-state index contributed by atoms with van der Waals surface area (Å²) in [5.74, 6) is 3.69. The van der Waals surface area contributed by atoms with Crippen molar-refractivity contribution in [2.45, 2.75) is 160 Å². The lowest BCUT2D eigenvalue weighted by molar-refractivity contribution is -0.110. The molecule has 4 aliphatic rings. The van der Waals surface area contributed by atoms with Crippen LogP contribution in [0, 0.1) is 34.5 Å². The average Bonchev–Trinajstić information content (AvgIpc) is 3.22. The molecule has 1 nitrogen and oxygen atoms in total. The molecular weight excluding hydrogens is 492 g/mol. The predicted octanol–water partition coefficient (Wildman–Crippen LogP) is 11.1. The number of halogens is 1. The summed E-state index contributed by atoms with van der Waals surface area (Å²) in [5.41, 5.74) is 2.68. The average molecular weight is 549 g/mol. The molecule has 0 heterocycles. The molecule has 3 heteroatoms. The molecule has 0 aromatic rings. The van der Waals surface area contributed by atoms with Crippen LogP contribution in [0.25, 0.3) is 0 Å². The molecule has 0 spiro atoms. The highest BCUT2D eigenvalue weighted by atomic mass is 35.5. The van der Waals surface area contributed by atoms with E-state index in [9.17, 15) is 4.79 Å². The van der Waals surface area contributed by atoms with Crippen LogP contribution in [0.3, 0.4) is 0 Å². The molecule has 0 aliphatic heterocycles. The van der Waals surface area contributed by atoms with Crippen molar-refractivity contribution in [1.29, 1.82) is 0 Å². The predicted molar refractivity (Wildman–Crippen MR) is 163 cm³/mol. The summed E-state index contributed by atoms with van der Waals surface area (Å²) in [6.07, 6.45) is 27.8. The van der Waals surface area contributed by atoms with Crippen LogP contribution in [0.4, 0.5) is 0 Å². The number of rotatable bonds is 13. The van der Waals surface area contributed by atoms with Gasteiger partial charge in [0.25, 0.3) is 0 Å². The molecule has 212 valence electrons. The monoisotopic (exact) mass is 548 g/mol. The summed E-state index contributed by atoms with van der Waals surface area (Å²) in [5, 5.41) is 0.381. The van der Waals surface area contributed by atoms with Crippen LogP contribution >= 0.6 is 23.4 Å². The maximum Gasteiger partial charge on any atom is 0.207 e. The van der Waals surface area contributed by atoms with Gasteiger partial charge in [-0.1, -0.05) is 109 Å². The van der Waals surface area contributed by atoms with Gasteiger partial charge in [-0.15, -0.1) is 11.6 Å². The highest BCUT2D eigenvalue weighted by molar-refractivity contribution is 8.14. The van der Waals surface area contributed by atoms with E-state index in [1.807, 2.05) is 0 Å². The third-order valence-corrected chi connectivity index (χ3v) is 13.6. The van der Waals surface area contributed by atoms with Crippen LogP contribution in [0.15, 0.2) is 11.6 Å². The van der Waals surface area contributed by atoms with Gasteiger partial charge < -0.3 is 0 Å². The van der Waals surface area contributed by atoms with Crippen LogP contribution in [0.1, 0.15) is 150 Å². The van der Waals surface area contributed by atoms with Crippen LogP contribution in [-0.2, 0) is 4.79 Å². The number of unbranched alkanes of at least 4 members (excludes halogenated alkanes) is 7. The zero-order valence-corrected chi connectivity index (χ0v) is 26.2. The van der Waals surface area contributed by atoms with Crippen molar-refractivity contribution in [2.75, 3.05) is 0 Å². The van der Waals surface area contributed by atoms with Crippen molar-refractivity contribution >= 4 is 28.5 Å². The fourth-order valence-electron chi connectivity index (χ4n) is 9.41. The Morgan fingerprint density at radius 2 is 1.68 bits per heavy atom. The molecule has 3 fully saturated rings. The number of carbonyl (C=O) groups excluding carboxylic acids is 1.